The monoisotopic (exact) mass is 477 g/mol. The Morgan fingerprint density at radius 2 is 2.03 bits per heavy atom. The third-order valence-corrected chi connectivity index (χ3v) is 5.64. The van der Waals surface area contributed by atoms with Gasteiger partial charge in [-0.3, -0.25) is 4.72 Å². The van der Waals surface area contributed by atoms with Gasteiger partial charge in [-0.25, -0.2) is 17.9 Å². The molecule has 2 N–H and O–H groups in total. The highest BCUT2D eigenvalue weighted by atomic mass is 79.9. The number of nitrogens with one attached hydrogen (secondary N) is 1. The number of carbonyl (C=O) groups is 1. The summed E-state index contributed by atoms with van der Waals surface area (Å²) in [6.45, 7) is 0. The maximum Gasteiger partial charge on any atom is 0.328 e. The molecule has 2 aromatic carbocycles. The number of benzene rings is 2. The number of hydrogen-bond donors (Lipinski definition) is 2. The number of ether oxygens (including phenoxy) is 1. The number of para-hydroxylation sites is 2. The van der Waals surface area contributed by atoms with Gasteiger partial charge in [-0.2, -0.15) is 5.10 Å². The summed E-state index contributed by atoms with van der Waals surface area (Å²) in [5.41, 5.74) is 1.25. The number of hydrogen-bond acceptors (Lipinski definition) is 5. The van der Waals surface area contributed by atoms with Gasteiger partial charge < -0.3 is 9.84 Å². The second-order valence-corrected chi connectivity index (χ2v) is 8.37. The molecule has 1 aromatic heterocycles. The largest absolute Gasteiger partial charge is 0.495 e. The van der Waals surface area contributed by atoms with E-state index in [-0.39, 0.29) is 10.6 Å². The number of halogens is 1. The van der Waals surface area contributed by atoms with E-state index in [1.807, 2.05) is 0 Å². The summed E-state index contributed by atoms with van der Waals surface area (Å²) in [7, 11) is -2.69. The number of carboxylic acid groups (broad SMARTS) is 1. The average molecular weight is 478 g/mol. The normalized spacial score (nSPS) is 11.5. The fraction of sp³-hybridized carbons (Fsp3) is 0.0526. The molecule has 3 aromatic rings. The lowest BCUT2D eigenvalue weighted by atomic mass is 10.2. The van der Waals surface area contributed by atoms with Crippen molar-refractivity contribution in [2.45, 2.75) is 4.90 Å². The SMILES string of the molecule is COc1ccc(/C=C/C(=O)O)cc1S(=O)(=O)Nc1ccccc1-n1cc(Br)cn1. The Bertz CT molecular complexity index is 1190. The third kappa shape index (κ3) is 4.84. The molecule has 0 saturated carbocycles. The molecule has 150 valence electrons. The highest BCUT2D eigenvalue weighted by Crippen LogP contribution is 2.29. The molecule has 0 unspecified atom stereocenters. The number of rotatable bonds is 7. The Balaban J connectivity index is 2.03. The molecular formula is C19H16BrN3O5S. The van der Waals surface area contributed by atoms with Crippen LogP contribution in [0.25, 0.3) is 11.8 Å². The first-order valence-electron chi connectivity index (χ1n) is 8.21. The van der Waals surface area contributed by atoms with Gasteiger partial charge in [0.15, 0.2) is 0 Å². The van der Waals surface area contributed by atoms with Crippen molar-refractivity contribution >= 4 is 43.7 Å². The highest BCUT2D eigenvalue weighted by molar-refractivity contribution is 9.10. The van der Waals surface area contributed by atoms with Crippen LogP contribution in [-0.2, 0) is 14.8 Å². The maximum atomic E-state index is 13.1. The molecule has 0 atom stereocenters. The molecule has 0 radical (unpaired) electrons. The lowest BCUT2D eigenvalue weighted by molar-refractivity contribution is -0.131. The number of anilines is 1. The molecule has 0 aliphatic carbocycles. The summed E-state index contributed by atoms with van der Waals surface area (Å²) in [5, 5.41) is 13.0. The highest BCUT2D eigenvalue weighted by Gasteiger charge is 2.22. The van der Waals surface area contributed by atoms with Crippen LogP contribution < -0.4 is 9.46 Å². The van der Waals surface area contributed by atoms with Gasteiger partial charge in [0, 0.05) is 12.3 Å². The molecule has 8 nitrogen and oxygen atoms in total. The van der Waals surface area contributed by atoms with Crippen molar-refractivity contribution in [3.63, 3.8) is 0 Å². The molecule has 3 rings (SSSR count). The van der Waals surface area contributed by atoms with Gasteiger partial charge in [-0.05, 0) is 51.8 Å². The van der Waals surface area contributed by atoms with Crippen molar-refractivity contribution < 1.29 is 23.1 Å². The van der Waals surface area contributed by atoms with E-state index in [1.165, 1.54) is 30.0 Å². The Morgan fingerprint density at radius 3 is 2.69 bits per heavy atom. The molecule has 0 amide bonds. The molecule has 0 aliphatic heterocycles. The summed E-state index contributed by atoms with van der Waals surface area (Å²) >= 11 is 3.32. The Kier molecular flexibility index (Phi) is 6.04. The second kappa shape index (κ2) is 8.50. The molecule has 0 saturated heterocycles. The third-order valence-electron chi connectivity index (χ3n) is 3.84. The van der Waals surface area contributed by atoms with Crippen LogP contribution in [0, 0.1) is 0 Å². The van der Waals surface area contributed by atoms with E-state index in [9.17, 15) is 13.2 Å². The van der Waals surface area contributed by atoms with Crippen LogP contribution in [0.5, 0.6) is 5.75 Å². The lowest BCUT2D eigenvalue weighted by Gasteiger charge is -2.15. The van der Waals surface area contributed by atoms with Crippen molar-refractivity contribution in [1.29, 1.82) is 0 Å². The Morgan fingerprint density at radius 1 is 1.28 bits per heavy atom. The summed E-state index contributed by atoms with van der Waals surface area (Å²) in [6.07, 6.45) is 5.52. The predicted octanol–water partition coefficient (Wildman–Crippen LogP) is 3.54. The van der Waals surface area contributed by atoms with E-state index in [0.717, 1.165) is 10.5 Å². The summed E-state index contributed by atoms with van der Waals surface area (Å²) in [4.78, 5) is 10.6. The van der Waals surface area contributed by atoms with Crippen molar-refractivity contribution in [1.82, 2.24) is 9.78 Å². The first kappa shape index (κ1) is 20.6. The van der Waals surface area contributed by atoms with E-state index in [4.69, 9.17) is 9.84 Å². The fourth-order valence-electron chi connectivity index (χ4n) is 2.57. The van der Waals surface area contributed by atoms with Gasteiger partial charge in [0.2, 0.25) is 0 Å². The topological polar surface area (TPSA) is 111 Å². The zero-order chi connectivity index (χ0) is 21.0. The number of aliphatic carboxylic acids is 1. The van der Waals surface area contributed by atoms with Gasteiger partial charge >= 0.3 is 5.97 Å². The number of carboxylic acids is 1. The van der Waals surface area contributed by atoms with E-state index >= 15 is 0 Å². The minimum atomic E-state index is -4.05. The van der Waals surface area contributed by atoms with E-state index in [1.54, 1.807) is 42.7 Å². The van der Waals surface area contributed by atoms with Crippen LogP contribution in [0.15, 0.2) is 70.3 Å². The van der Waals surface area contributed by atoms with Gasteiger partial charge in [0.05, 0.1) is 29.2 Å². The summed E-state index contributed by atoms with van der Waals surface area (Å²) < 4.78 is 36.2. The zero-order valence-corrected chi connectivity index (χ0v) is 17.5. The van der Waals surface area contributed by atoms with Crippen LogP contribution >= 0.6 is 15.9 Å². The van der Waals surface area contributed by atoms with Crippen molar-refractivity contribution in [2.24, 2.45) is 0 Å². The number of sulfonamides is 1. The van der Waals surface area contributed by atoms with Gasteiger partial charge in [-0.1, -0.05) is 18.2 Å². The quantitative estimate of drug-likeness (QED) is 0.503. The number of aromatic nitrogens is 2. The molecule has 0 aliphatic rings. The second-order valence-electron chi connectivity index (χ2n) is 5.81. The van der Waals surface area contributed by atoms with Gasteiger partial charge in [0.1, 0.15) is 10.6 Å². The van der Waals surface area contributed by atoms with Crippen molar-refractivity contribution in [3.8, 4) is 11.4 Å². The van der Waals surface area contributed by atoms with E-state index in [2.05, 4.69) is 25.8 Å². The van der Waals surface area contributed by atoms with Crippen LogP contribution in [0.4, 0.5) is 5.69 Å². The number of methoxy groups -OCH3 is 1. The summed E-state index contributed by atoms with van der Waals surface area (Å²) in [6, 6.07) is 11.2. The Labute approximate surface area is 175 Å². The van der Waals surface area contributed by atoms with Gasteiger partial charge in [-0.15, -0.1) is 0 Å². The molecule has 0 bridgehead atoms. The predicted molar refractivity (Wildman–Crippen MR) is 112 cm³/mol. The zero-order valence-electron chi connectivity index (χ0n) is 15.1. The first-order chi connectivity index (χ1) is 13.8. The smallest absolute Gasteiger partial charge is 0.328 e. The lowest BCUT2D eigenvalue weighted by Crippen LogP contribution is -2.16. The minimum absolute atomic E-state index is 0.121. The molecular weight excluding hydrogens is 462 g/mol. The van der Waals surface area contributed by atoms with E-state index in [0.29, 0.717) is 16.9 Å². The standard InChI is InChI=1S/C19H16BrN3O5S/c1-28-17-8-6-13(7-9-19(24)25)10-18(17)29(26,27)22-15-4-2-3-5-16(15)23-12-14(20)11-21-23/h2-12,22H,1H3,(H,24,25)/b9-7+. The summed E-state index contributed by atoms with van der Waals surface area (Å²) in [5.74, 6) is -1.01. The molecule has 0 spiro atoms. The maximum absolute atomic E-state index is 13.1. The van der Waals surface area contributed by atoms with Crippen molar-refractivity contribution in [2.75, 3.05) is 11.8 Å². The van der Waals surface area contributed by atoms with E-state index < -0.39 is 16.0 Å². The van der Waals surface area contributed by atoms with Crippen molar-refractivity contribution in [3.05, 3.63) is 71.0 Å². The van der Waals surface area contributed by atoms with Crippen LogP contribution in [-0.4, -0.2) is 36.4 Å². The van der Waals surface area contributed by atoms with Crippen LogP contribution in [0.3, 0.4) is 0 Å². The minimum Gasteiger partial charge on any atom is -0.495 e. The van der Waals surface area contributed by atoms with Crippen LogP contribution in [0.2, 0.25) is 0 Å². The molecule has 10 heteroatoms. The van der Waals surface area contributed by atoms with Gasteiger partial charge in [0.25, 0.3) is 10.0 Å². The Hall–Kier alpha value is -3.11. The molecule has 1 heterocycles. The van der Waals surface area contributed by atoms with Crippen LogP contribution in [0.1, 0.15) is 5.56 Å². The molecule has 29 heavy (non-hydrogen) atoms. The number of nitrogens with zero attached hydrogens (tertiary/aromatic N) is 2. The average Bonchev–Trinajstić information content (AvgIpc) is 3.12. The fourth-order valence-corrected chi connectivity index (χ4v) is 4.13. The molecule has 0 fully saturated rings. The first-order valence-corrected chi connectivity index (χ1v) is 10.5.